The monoisotopic (exact) mass is 268 g/mol. The molecule has 1 aliphatic carbocycles. The average Bonchev–Trinajstić information content (AvgIpc) is 2.38. The van der Waals surface area contributed by atoms with Gasteiger partial charge in [0, 0.05) is 6.42 Å². The van der Waals surface area contributed by atoms with E-state index in [9.17, 15) is 0 Å². The van der Waals surface area contributed by atoms with Crippen molar-refractivity contribution in [2.24, 2.45) is 11.8 Å². The average molecular weight is 268 g/mol. The highest BCUT2D eigenvalue weighted by Gasteiger charge is 2.30. The molecular weight excluding hydrogens is 240 g/mol. The quantitative estimate of drug-likeness (QED) is 0.392. The second-order valence-corrected chi connectivity index (χ2v) is 5.42. The SMILES string of the molecule is C=COC(CC)OC(C)O[C@@H]1C(C)=CCC(C)C1C. The number of ether oxygens (including phenoxy) is 3. The third-order valence-electron chi connectivity index (χ3n) is 3.90. The van der Waals surface area contributed by atoms with Crippen molar-refractivity contribution < 1.29 is 14.2 Å². The van der Waals surface area contributed by atoms with Gasteiger partial charge in [-0.1, -0.05) is 33.4 Å². The Morgan fingerprint density at radius 1 is 1.47 bits per heavy atom. The summed E-state index contributed by atoms with van der Waals surface area (Å²) in [5.41, 5.74) is 1.30. The van der Waals surface area contributed by atoms with Crippen molar-refractivity contribution in [1.82, 2.24) is 0 Å². The van der Waals surface area contributed by atoms with Gasteiger partial charge < -0.3 is 14.2 Å². The molecule has 4 unspecified atom stereocenters. The highest BCUT2D eigenvalue weighted by atomic mass is 16.8. The maximum Gasteiger partial charge on any atom is 0.201 e. The van der Waals surface area contributed by atoms with E-state index in [2.05, 4.69) is 33.4 Å². The Morgan fingerprint density at radius 2 is 2.16 bits per heavy atom. The molecule has 0 radical (unpaired) electrons. The van der Waals surface area contributed by atoms with E-state index in [0.29, 0.717) is 11.8 Å². The minimum atomic E-state index is -0.286. The fourth-order valence-corrected chi connectivity index (χ4v) is 2.43. The fraction of sp³-hybridized carbons (Fsp3) is 0.750. The van der Waals surface area contributed by atoms with E-state index < -0.39 is 0 Å². The third kappa shape index (κ3) is 4.66. The van der Waals surface area contributed by atoms with Gasteiger partial charge in [0.2, 0.25) is 6.29 Å². The molecule has 0 amide bonds. The number of hydrogen-bond donors (Lipinski definition) is 0. The van der Waals surface area contributed by atoms with Crippen LogP contribution in [-0.4, -0.2) is 18.7 Å². The van der Waals surface area contributed by atoms with Gasteiger partial charge in [0.1, 0.15) is 0 Å². The first-order chi connectivity index (χ1) is 8.99. The minimum Gasteiger partial charge on any atom is -0.473 e. The zero-order valence-electron chi connectivity index (χ0n) is 12.9. The van der Waals surface area contributed by atoms with E-state index in [1.807, 2.05) is 13.8 Å². The Morgan fingerprint density at radius 3 is 2.74 bits per heavy atom. The molecular formula is C16H28O3. The van der Waals surface area contributed by atoms with E-state index in [-0.39, 0.29) is 18.7 Å². The van der Waals surface area contributed by atoms with Crippen LogP contribution in [0.15, 0.2) is 24.5 Å². The largest absolute Gasteiger partial charge is 0.473 e. The molecule has 110 valence electrons. The summed E-state index contributed by atoms with van der Waals surface area (Å²) in [5, 5.41) is 0. The Kier molecular flexibility index (Phi) is 6.59. The molecule has 0 saturated heterocycles. The van der Waals surface area contributed by atoms with Crippen molar-refractivity contribution in [3.63, 3.8) is 0 Å². The summed E-state index contributed by atoms with van der Waals surface area (Å²) >= 11 is 0. The molecule has 0 aromatic carbocycles. The molecule has 1 rings (SSSR count). The first-order valence-electron chi connectivity index (χ1n) is 7.23. The van der Waals surface area contributed by atoms with Crippen LogP contribution in [0.5, 0.6) is 0 Å². The van der Waals surface area contributed by atoms with Crippen molar-refractivity contribution in [1.29, 1.82) is 0 Å². The maximum absolute atomic E-state index is 6.06. The molecule has 0 N–H and O–H groups in total. The van der Waals surface area contributed by atoms with Gasteiger partial charge >= 0.3 is 0 Å². The van der Waals surface area contributed by atoms with Gasteiger partial charge in [-0.15, -0.1) is 0 Å². The lowest BCUT2D eigenvalue weighted by atomic mass is 9.80. The van der Waals surface area contributed by atoms with Gasteiger partial charge in [0.05, 0.1) is 12.4 Å². The molecule has 19 heavy (non-hydrogen) atoms. The van der Waals surface area contributed by atoms with Gasteiger partial charge in [-0.05, 0) is 37.7 Å². The van der Waals surface area contributed by atoms with Crippen LogP contribution in [-0.2, 0) is 14.2 Å². The van der Waals surface area contributed by atoms with Crippen molar-refractivity contribution in [2.75, 3.05) is 0 Å². The molecule has 0 saturated carbocycles. The Labute approximate surface area is 117 Å². The summed E-state index contributed by atoms with van der Waals surface area (Å²) in [4.78, 5) is 0. The third-order valence-corrected chi connectivity index (χ3v) is 3.90. The molecule has 0 aliphatic heterocycles. The lowest BCUT2D eigenvalue weighted by Gasteiger charge is -2.35. The van der Waals surface area contributed by atoms with Crippen LogP contribution < -0.4 is 0 Å². The van der Waals surface area contributed by atoms with Crippen LogP contribution in [0.2, 0.25) is 0 Å². The van der Waals surface area contributed by atoms with E-state index in [4.69, 9.17) is 14.2 Å². The van der Waals surface area contributed by atoms with Crippen LogP contribution in [0, 0.1) is 11.8 Å². The predicted octanol–water partition coefficient (Wildman–Crippen LogP) is 4.25. The molecule has 0 fully saturated rings. The lowest BCUT2D eigenvalue weighted by molar-refractivity contribution is -0.240. The molecule has 0 spiro atoms. The van der Waals surface area contributed by atoms with E-state index in [1.165, 1.54) is 11.8 Å². The van der Waals surface area contributed by atoms with Crippen LogP contribution in [0.3, 0.4) is 0 Å². The lowest BCUT2D eigenvalue weighted by Crippen LogP contribution is -2.36. The molecule has 3 heteroatoms. The number of rotatable bonds is 7. The van der Waals surface area contributed by atoms with Gasteiger partial charge in [0.25, 0.3) is 0 Å². The molecule has 5 atom stereocenters. The zero-order chi connectivity index (χ0) is 14.4. The van der Waals surface area contributed by atoms with Crippen LogP contribution in [0.1, 0.15) is 47.5 Å². The normalized spacial score (nSPS) is 30.4. The van der Waals surface area contributed by atoms with Crippen LogP contribution in [0.4, 0.5) is 0 Å². The zero-order valence-corrected chi connectivity index (χ0v) is 12.9. The maximum atomic E-state index is 6.06. The summed E-state index contributed by atoms with van der Waals surface area (Å²) in [6.07, 6.45) is 5.17. The topological polar surface area (TPSA) is 27.7 Å². The van der Waals surface area contributed by atoms with Gasteiger partial charge in [0.15, 0.2) is 6.29 Å². The first kappa shape index (κ1) is 16.3. The second kappa shape index (κ2) is 7.71. The van der Waals surface area contributed by atoms with E-state index in [1.54, 1.807) is 0 Å². The summed E-state index contributed by atoms with van der Waals surface area (Å²) < 4.78 is 17.1. The molecule has 3 nitrogen and oxygen atoms in total. The predicted molar refractivity (Wildman–Crippen MR) is 77.5 cm³/mol. The summed E-state index contributed by atoms with van der Waals surface area (Å²) in [5.74, 6) is 1.16. The molecule has 0 heterocycles. The Bertz CT molecular complexity index is 311. The van der Waals surface area contributed by atoms with E-state index in [0.717, 1.165) is 12.8 Å². The van der Waals surface area contributed by atoms with Crippen molar-refractivity contribution >= 4 is 0 Å². The summed E-state index contributed by atoms with van der Waals surface area (Å²) in [6.45, 7) is 14.1. The molecule has 0 aromatic rings. The van der Waals surface area contributed by atoms with Gasteiger partial charge in [-0.3, -0.25) is 0 Å². The highest BCUT2D eigenvalue weighted by Crippen LogP contribution is 2.32. The Balaban J connectivity index is 2.55. The summed E-state index contributed by atoms with van der Waals surface area (Å²) in [6, 6.07) is 0. The standard InChI is InChI=1S/C16H28O3/c1-7-15(17-8-2)18-14(6)19-16-12(4)10-9-11(3)13(16)5/h8,10-11,13-16H,2,7,9H2,1,3-6H3/t11?,13?,14?,15?,16-/m1/s1. The van der Waals surface area contributed by atoms with E-state index >= 15 is 0 Å². The number of hydrogen-bond acceptors (Lipinski definition) is 3. The summed E-state index contributed by atoms with van der Waals surface area (Å²) in [7, 11) is 0. The smallest absolute Gasteiger partial charge is 0.201 e. The van der Waals surface area contributed by atoms with Crippen molar-refractivity contribution in [2.45, 2.75) is 66.1 Å². The first-order valence-corrected chi connectivity index (χ1v) is 7.23. The van der Waals surface area contributed by atoms with Gasteiger partial charge in [-0.2, -0.15) is 0 Å². The van der Waals surface area contributed by atoms with Crippen LogP contribution >= 0.6 is 0 Å². The molecule has 0 bridgehead atoms. The van der Waals surface area contributed by atoms with Crippen molar-refractivity contribution in [3.8, 4) is 0 Å². The van der Waals surface area contributed by atoms with Crippen LogP contribution in [0.25, 0.3) is 0 Å². The second-order valence-electron chi connectivity index (χ2n) is 5.42. The minimum absolute atomic E-state index is 0.139. The number of allylic oxidation sites excluding steroid dienone is 1. The Hall–Kier alpha value is -0.800. The van der Waals surface area contributed by atoms with Gasteiger partial charge in [-0.25, -0.2) is 0 Å². The fourth-order valence-electron chi connectivity index (χ4n) is 2.43. The molecule has 1 aliphatic rings. The highest BCUT2D eigenvalue weighted by molar-refractivity contribution is 5.11. The molecule has 0 aromatic heterocycles. The van der Waals surface area contributed by atoms with Crippen molar-refractivity contribution in [3.05, 3.63) is 24.5 Å².